The summed E-state index contributed by atoms with van der Waals surface area (Å²) in [6.07, 6.45) is 2.56. The summed E-state index contributed by atoms with van der Waals surface area (Å²) >= 11 is 12.4. The molecule has 0 unspecified atom stereocenters. The molecule has 4 aromatic carbocycles. The molecule has 14 nitrogen and oxygen atoms in total. The van der Waals surface area contributed by atoms with Gasteiger partial charge in [0.2, 0.25) is 23.2 Å². The van der Waals surface area contributed by atoms with Gasteiger partial charge < -0.3 is 30.0 Å². The second-order valence-corrected chi connectivity index (χ2v) is 15.5. The number of hydrazine groups is 1. The molecule has 5 aromatic rings. The Bertz CT molecular complexity index is 2300. The van der Waals surface area contributed by atoms with Crippen LogP contribution in [-0.2, 0) is 9.53 Å². The molecule has 2 atom stereocenters. The fourth-order valence-corrected chi connectivity index (χ4v) is 6.07. The van der Waals surface area contributed by atoms with Gasteiger partial charge in [0.1, 0.15) is 12.1 Å². The average molecular weight is 872 g/mol. The van der Waals surface area contributed by atoms with E-state index >= 15 is 0 Å². The van der Waals surface area contributed by atoms with Crippen molar-refractivity contribution in [3.63, 3.8) is 0 Å². The molecule has 16 heteroatoms. The summed E-state index contributed by atoms with van der Waals surface area (Å²) in [5.41, 5.74) is 6.30. The third-order valence-corrected chi connectivity index (χ3v) is 10.1. The van der Waals surface area contributed by atoms with E-state index in [1.54, 1.807) is 69.3 Å². The highest BCUT2D eigenvalue weighted by molar-refractivity contribution is 6.35. The fraction of sp³-hybridized carbons (Fsp3) is 0.333. The van der Waals surface area contributed by atoms with Crippen molar-refractivity contribution in [2.75, 3.05) is 23.8 Å². The van der Waals surface area contributed by atoms with E-state index in [1.165, 1.54) is 32.8 Å². The van der Waals surface area contributed by atoms with Crippen LogP contribution in [0, 0.1) is 27.0 Å². The SMILES string of the molecule is C.C1CCOC1.[C-]#[N+]c1ccc(N[C@@H](C(=O)NNC(=O)c2ccccc2)C(C)(C)O)c(C)c1Cl.[C-]#[N+]c1ccc(N[C@@H](c2nnc(-c3ccccc3)o2)C(C)(C)O)c(C)c1Cl. The van der Waals surface area contributed by atoms with Crippen LogP contribution in [0.1, 0.15) is 81.4 Å². The van der Waals surface area contributed by atoms with E-state index in [9.17, 15) is 19.8 Å². The normalized spacial score (nSPS) is 12.9. The lowest BCUT2D eigenvalue weighted by molar-refractivity contribution is -0.127. The lowest BCUT2D eigenvalue weighted by Gasteiger charge is -2.30. The summed E-state index contributed by atoms with van der Waals surface area (Å²) in [7, 11) is 0. The number of rotatable bonds is 10. The van der Waals surface area contributed by atoms with Crippen LogP contribution in [-0.4, -0.2) is 62.7 Å². The molecule has 1 fully saturated rings. The van der Waals surface area contributed by atoms with Crippen LogP contribution in [0.2, 0.25) is 10.0 Å². The molecule has 1 aliphatic rings. The van der Waals surface area contributed by atoms with Gasteiger partial charge in [-0.15, -0.1) is 10.2 Å². The van der Waals surface area contributed by atoms with Crippen molar-refractivity contribution in [1.82, 2.24) is 21.0 Å². The topological polar surface area (TPSA) is 180 Å². The minimum absolute atomic E-state index is 0. The number of nitrogens with one attached hydrogen (secondary N) is 4. The van der Waals surface area contributed by atoms with Crippen LogP contribution in [0.15, 0.2) is 89.3 Å². The van der Waals surface area contributed by atoms with Crippen molar-refractivity contribution >= 4 is 57.8 Å². The highest BCUT2D eigenvalue weighted by atomic mass is 35.5. The summed E-state index contributed by atoms with van der Waals surface area (Å²) in [6, 6.07) is 22.6. The van der Waals surface area contributed by atoms with E-state index in [0.717, 1.165) is 18.8 Å². The maximum Gasteiger partial charge on any atom is 0.269 e. The zero-order valence-electron chi connectivity index (χ0n) is 34.1. The highest BCUT2D eigenvalue weighted by Gasteiger charge is 2.35. The molecule has 2 amide bonds. The van der Waals surface area contributed by atoms with Crippen molar-refractivity contribution in [3.05, 3.63) is 140 Å². The van der Waals surface area contributed by atoms with Crippen molar-refractivity contribution in [3.8, 4) is 11.5 Å². The third-order valence-electron chi connectivity index (χ3n) is 9.12. The number of hydrogen-bond acceptors (Lipinski definition) is 10. The van der Waals surface area contributed by atoms with Gasteiger partial charge in [0.25, 0.3) is 11.8 Å². The molecule has 2 heterocycles. The Labute approximate surface area is 367 Å². The molecule has 61 heavy (non-hydrogen) atoms. The lowest BCUT2D eigenvalue weighted by atomic mass is 9.97. The number of carbonyl (C=O) groups excluding carboxylic acids is 2. The summed E-state index contributed by atoms with van der Waals surface area (Å²) in [4.78, 5) is 31.4. The Kier molecular flexibility index (Phi) is 18.3. The Morgan fingerprint density at radius 2 is 1.25 bits per heavy atom. The number of anilines is 2. The number of hydrogen-bond donors (Lipinski definition) is 6. The van der Waals surface area contributed by atoms with E-state index in [1.807, 2.05) is 37.3 Å². The van der Waals surface area contributed by atoms with Gasteiger partial charge in [0.15, 0.2) is 0 Å². The molecule has 1 saturated heterocycles. The van der Waals surface area contributed by atoms with Crippen molar-refractivity contribution < 1.29 is 29.0 Å². The van der Waals surface area contributed by atoms with Gasteiger partial charge in [-0.2, -0.15) is 0 Å². The molecule has 0 aliphatic carbocycles. The summed E-state index contributed by atoms with van der Waals surface area (Å²) in [5, 5.41) is 36.1. The minimum Gasteiger partial charge on any atom is -0.418 e. The maximum absolute atomic E-state index is 12.6. The zero-order chi connectivity index (χ0) is 44.0. The smallest absolute Gasteiger partial charge is 0.269 e. The molecule has 0 saturated carbocycles. The van der Waals surface area contributed by atoms with Gasteiger partial charge in [0.05, 0.1) is 34.4 Å². The van der Waals surface area contributed by atoms with Gasteiger partial charge in [-0.3, -0.25) is 20.4 Å². The molecule has 6 rings (SSSR count). The Hall–Kier alpha value is -6.00. The highest BCUT2D eigenvalue weighted by Crippen LogP contribution is 2.37. The van der Waals surface area contributed by atoms with Gasteiger partial charge in [-0.1, -0.05) is 79.2 Å². The summed E-state index contributed by atoms with van der Waals surface area (Å²) < 4.78 is 10.8. The van der Waals surface area contributed by atoms with Crippen LogP contribution < -0.4 is 21.5 Å². The van der Waals surface area contributed by atoms with Crippen molar-refractivity contribution in [1.29, 1.82) is 0 Å². The molecular formula is C45H52Cl2N8O6. The van der Waals surface area contributed by atoms with Gasteiger partial charge >= 0.3 is 0 Å². The number of aliphatic hydroxyl groups is 2. The molecule has 6 N–H and O–H groups in total. The van der Waals surface area contributed by atoms with E-state index < -0.39 is 35.1 Å². The Balaban J connectivity index is 0.000000287. The summed E-state index contributed by atoms with van der Waals surface area (Å²) in [5.74, 6) is -0.489. The Morgan fingerprint density at radius 3 is 1.70 bits per heavy atom. The number of halogens is 2. The first-order chi connectivity index (χ1) is 28.5. The number of carbonyl (C=O) groups is 2. The first-order valence-corrected chi connectivity index (χ1v) is 19.6. The average Bonchev–Trinajstić information content (AvgIpc) is 3.98. The van der Waals surface area contributed by atoms with E-state index in [0.29, 0.717) is 50.4 Å². The minimum atomic E-state index is -1.46. The molecule has 0 bridgehead atoms. The zero-order valence-corrected chi connectivity index (χ0v) is 35.7. The second-order valence-electron chi connectivity index (χ2n) is 14.8. The van der Waals surface area contributed by atoms with Gasteiger partial charge in [-0.25, -0.2) is 9.69 Å². The molecule has 0 spiro atoms. The molecule has 322 valence electrons. The predicted molar refractivity (Wildman–Crippen MR) is 240 cm³/mol. The van der Waals surface area contributed by atoms with Crippen molar-refractivity contribution in [2.24, 2.45) is 0 Å². The largest absolute Gasteiger partial charge is 0.418 e. The second kappa shape index (κ2) is 22.6. The monoisotopic (exact) mass is 870 g/mol. The van der Waals surface area contributed by atoms with Gasteiger partial charge in [0, 0.05) is 35.7 Å². The van der Waals surface area contributed by atoms with Crippen molar-refractivity contribution in [2.45, 2.75) is 85.1 Å². The first-order valence-electron chi connectivity index (χ1n) is 18.9. The fourth-order valence-electron chi connectivity index (χ4n) is 5.65. The first kappa shape index (κ1) is 49.4. The summed E-state index contributed by atoms with van der Waals surface area (Å²) in [6.45, 7) is 26.0. The van der Waals surface area contributed by atoms with Crippen LogP contribution >= 0.6 is 23.2 Å². The Morgan fingerprint density at radius 1 is 0.738 bits per heavy atom. The molecule has 1 aromatic heterocycles. The number of aromatic nitrogens is 2. The molecule has 1 aliphatic heterocycles. The standard InChI is InChI=1S/C20H21ClN4O3.C20H19ClN4O2.C4H8O.CH4/c1-12-14(10-11-15(22-4)16(12)21)23-17(20(2,3)28)19(27)25-24-18(26)13-8-6-5-7-9-13;1-12-14(10-11-15(22-4)16(12)21)23-17(20(2,3)26)19-25-24-18(27-19)13-8-6-5-7-9-13;1-2-4-5-3-1;/h5-11,17,23,28H,1-3H3,(H,24,26)(H,25,27);5-11,17,23,26H,1-3H3;1-4H2;1H4/t2*17-;;/m00../s1. The van der Waals surface area contributed by atoms with Crippen LogP contribution in [0.5, 0.6) is 0 Å². The third kappa shape index (κ3) is 13.8. The maximum atomic E-state index is 12.6. The van der Waals surface area contributed by atoms with E-state index in [4.69, 9.17) is 45.5 Å². The molecule has 0 radical (unpaired) electrons. The molecular weight excluding hydrogens is 819 g/mol. The number of ether oxygens (including phenoxy) is 1. The predicted octanol–water partition coefficient (Wildman–Crippen LogP) is 9.82. The number of amides is 2. The lowest BCUT2D eigenvalue weighted by Crippen LogP contribution is -2.56. The number of nitrogens with zero attached hydrogens (tertiary/aromatic N) is 4. The van der Waals surface area contributed by atoms with Crippen LogP contribution in [0.3, 0.4) is 0 Å². The van der Waals surface area contributed by atoms with Crippen LogP contribution in [0.4, 0.5) is 22.7 Å². The van der Waals surface area contributed by atoms with Gasteiger partial charge in [-0.05, 0) is 102 Å². The van der Waals surface area contributed by atoms with E-state index in [2.05, 4.69) is 41.4 Å². The van der Waals surface area contributed by atoms with E-state index in [-0.39, 0.29) is 18.3 Å². The quantitative estimate of drug-likeness (QED) is 0.0585. The van der Waals surface area contributed by atoms with Crippen LogP contribution in [0.25, 0.3) is 21.1 Å². The number of benzene rings is 4.